The van der Waals surface area contributed by atoms with Crippen molar-refractivity contribution in [1.29, 1.82) is 0 Å². The molecule has 0 saturated heterocycles. The Labute approximate surface area is 87.2 Å². The van der Waals surface area contributed by atoms with Crippen molar-refractivity contribution in [1.82, 2.24) is 4.90 Å². The second kappa shape index (κ2) is 12.8. The van der Waals surface area contributed by atoms with Gasteiger partial charge in [-0.1, -0.05) is 7.43 Å². The Morgan fingerprint density at radius 3 is 1.14 bits per heavy atom. The summed E-state index contributed by atoms with van der Waals surface area (Å²) in [5.41, 5.74) is 0. The van der Waals surface area contributed by atoms with Gasteiger partial charge in [-0.3, -0.25) is 0 Å². The fourth-order valence-electron chi connectivity index (χ4n) is 1.22. The van der Waals surface area contributed by atoms with E-state index < -0.39 is 0 Å². The van der Waals surface area contributed by atoms with E-state index in [0.29, 0.717) is 0 Å². The highest BCUT2D eigenvalue weighted by Crippen LogP contribution is 1.95. The molecule has 3 N–H and O–H groups in total. The summed E-state index contributed by atoms with van der Waals surface area (Å²) in [6.07, 6.45) is 2.28. The molecule has 0 saturated carbocycles. The van der Waals surface area contributed by atoms with E-state index in [9.17, 15) is 0 Å². The third-order valence-corrected chi connectivity index (χ3v) is 1.90. The Hall–Kier alpha value is -0.160. The normalized spacial score (nSPS) is 10.3. The molecule has 0 bridgehead atoms. The van der Waals surface area contributed by atoms with Crippen molar-refractivity contribution in [3.63, 3.8) is 0 Å². The Kier molecular flexibility index (Phi) is 14.9. The maximum atomic E-state index is 8.64. The molecule has 0 aliphatic rings. The van der Waals surface area contributed by atoms with Gasteiger partial charge in [-0.25, -0.2) is 0 Å². The second-order valence-electron chi connectivity index (χ2n) is 3.07. The van der Waals surface area contributed by atoms with Crippen molar-refractivity contribution in [2.45, 2.75) is 26.7 Å². The van der Waals surface area contributed by atoms with Gasteiger partial charge in [-0.2, -0.15) is 0 Å². The maximum absolute atomic E-state index is 8.64. The van der Waals surface area contributed by atoms with Crippen molar-refractivity contribution < 1.29 is 15.3 Å². The number of hydrogen-bond donors (Lipinski definition) is 3. The number of hydrogen-bond acceptors (Lipinski definition) is 4. The van der Waals surface area contributed by atoms with Crippen LogP contribution in [0.1, 0.15) is 26.7 Å². The zero-order valence-electron chi connectivity index (χ0n) is 8.15. The van der Waals surface area contributed by atoms with E-state index in [1.165, 1.54) is 0 Å². The van der Waals surface area contributed by atoms with Crippen LogP contribution < -0.4 is 0 Å². The van der Waals surface area contributed by atoms with Crippen LogP contribution in [0, 0.1) is 0 Å². The number of aliphatic hydroxyl groups is 3. The zero-order chi connectivity index (χ0) is 9.94. The van der Waals surface area contributed by atoms with Crippen LogP contribution in [0.25, 0.3) is 0 Å². The van der Waals surface area contributed by atoms with Crippen LogP contribution in [0.5, 0.6) is 0 Å². The Balaban J connectivity index is 0. The zero-order valence-corrected chi connectivity index (χ0v) is 8.15. The highest BCUT2D eigenvalue weighted by molar-refractivity contribution is 4.57. The molecule has 4 nitrogen and oxygen atoms in total. The topological polar surface area (TPSA) is 63.9 Å². The van der Waals surface area contributed by atoms with Crippen LogP contribution in [0.3, 0.4) is 0 Å². The standard InChI is InChI=1S/C9H21NO3.CH4/c11-7-1-4-10(5-2-8-12)6-3-9-13;/h11-13H,1-9H2;1H4. The van der Waals surface area contributed by atoms with Gasteiger partial charge in [0.15, 0.2) is 0 Å². The van der Waals surface area contributed by atoms with E-state index in [2.05, 4.69) is 4.90 Å². The Morgan fingerprint density at radius 2 is 0.929 bits per heavy atom. The van der Waals surface area contributed by atoms with Gasteiger partial charge in [0.1, 0.15) is 0 Å². The second-order valence-corrected chi connectivity index (χ2v) is 3.07. The molecule has 0 heterocycles. The lowest BCUT2D eigenvalue weighted by atomic mass is 10.3. The monoisotopic (exact) mass is 207 g/mol. The lowest BCUT2D eigenvalue weighted by molar-refractivity contribution is 0.185. The van der Waals surface area contributed by atoms with Gasteiger partial charge in [0.2, 0.25) is 0 Å². The summed E-state index contributed by atoms with van der Waals surface area (Å²) >= 11 is 0. The van der Waals surface area contributed by atoms with Gasteiger partial charge in [0, 0.05) is 39.5 Å². The minimum absolute atomic E-state index is 0. The fraction of sp³-hybridized carbons (Fsp3) is 1.00. The highest BCUT2D eigenvalue weighted by Gasteiger charge is 2.02. The van der Waals surface area contributed by atoms with Gasteiger partial charge in [0.05, 0.1) is 0 Å². The van der Waals surface area contributed by atoms with Crippen LogP contribution in [-0.2, 0) is 0 Å². The molecular formula is C10H25NO3. The van der Waals surface area contributed by atoms with Crippen LogP contribution in [0.2, 0.25) is 0 Å². The van der Waals surface area contributed by atoms with Crippen LogP contribution >= 0.6 is 0 Å². The SMILES string of the molecule is C.OCCCN(CCCO)CCCO. The van der Waals surface area contributed by atoms with Gasteiger partial charge >= 0.3 is 0 Å². The molecule has 88 valence electrons. The van der Waals surface area contributed by atoms with Crippen molar-refractivity contribution >= 4 is 0 Å². The highest BCUT2D eigenvalue weighted by atomic mass is 16.3. The molecule has 0 amide bonds. The molecule has 0 aromatic heterocycles. The predicted octanol–water partition coefficient (Wildman–Crippen LogP) is 0.0717. The summed E-state index contributed by atoms with van der Waals surface area (Å²) < 4.78 is 0. The van der Waals surface area contributed by atoms with Crippen molar-refractivity contribution in [3.8, 4) is 0 Å². The third-order valence-electron chi connectivity index (χ3n) is 1.90. The number of aliphatic hydroxyl groups excluding tert-OH is 3. The van der Waals surface area contributed by atoms with E-state index in [1.54, 1.807) is 0 Å². The Morgan fingerprint density at radius 1 is 0.643 bits per heavy atom. The first-order valence-corrected chi connectivity index (χ1v) is 4.90. The van der Waals surface area contributed by atoms with Gasteiger partial charge in [-0.15, -0.1) is 0 Å². The number of nitrogens with zero attached hydrogens (tertiary/aromatic N) is 1. The molecule has 0 spiro atoms. The first-order valence-electron chi connectivity index (χ1n) is 4.90. The van der Waals surface area contributed by atoms with E-state index in [1.807, 2.05) is 0 Å². The molecule has 0 aliphatic heterocycles. The molecule has 4 heteroatoms. The third kappa shape index (κ3) is 9.92. The largest absolute Gasteiger partial charge is 0.396 e. The van der Waals surface area contributed by atoms with Crippen molar-refractivity contribution in [2.75, 3.05) is 39.5 Å². The minimum atomic E-state index is 0. The van der Waals surface area contributed by atoms with Crippen molar-refractivity contribution in [2.24, 2.45) is 0 Å². The Bertz CT molecular complexity index is 82.3. The molecule has 0 radical (unpaired) electrons. The molecule has 0 aliphatic carbocycles. The molecule has 0 rings (SSSR count). The molecule has 0 atom stereocenters. The van der Waals surface area contributed by atoms with Gasteiger partial charge in [0.25, 0.3) is 0 Å². The average Bonchev–Trinajstić information content (AvgIpc) is 2.17. The summed E-state index contributed by atoms with van der Waals surface area (Å²) in [6, 6.07) is 0. The molecular weight excluding hydrogens is 182 g/mol. The molecule has 0 aromatic carbocycles. The summed E-state index contributed by atoms with van der Waals surface area (Å²) in [5.74, 6) is 0. The van der Waals surface area contributed by atoms with E-state index in [0.717, 1.165) is 38.9 Å². The van der Waals surface area contributed by atoms with E-state index in [-0.39, 0.29) is 27.2 Å². The summed E-state index contributed by atoms with van der Waals surface area (Å²) in [7, 11) is 0. The fourth-order valence-corrected chi connectivity index (χ4v) is 1.22. The van der Waals surface area contributed by atoms with E-state index >= 15 is 0 Å². The van der Waals surface area contributed by atoms with Gasteiger partial charge < -0.3 is 20.2 Å². The maximum Gasteiger partial charge on any atom is 0.0443 e. The van der Waals surface area contributed by atoms with Crippen LogP contribution in [0.15, 0.2) is 0 Å². The minimum Gasteiger partial charge on any atom is -0.396 e. The summed E-state index contributed by atoms with van der Waals surface area (Å²) in [5, 5.41) is 25.9. The van der Waals surface area contributed by atoms with Crippen LogP contribution in [-0.4, -0.2) is 59.7 Å². The van der Waals surface area contributed by atoms with Crippen LogP contribution in [0.4, 0.5) is 0 Å². The lowest BCUT2D eigenvalue weighted by Crippen LogP contribution is -2.28. The lowest BCUT2D eigenvalue weighted by Gasteiger charge is -2.20. The van der Waals surface area contributed by atoms with Crippen molar-refractivity contribution in [3.05, 3.63) is 0 Å². The van der Waals surface area contributed by atoms with E-state index in [4.69, 9.17) is 15.3 Å². The first-order chi connectivity index (χ1) is 6.35. The molecule has 14 heavy (non-hydrogen) atoms. The molecule has 0 fully saturated rings. The number of rotatable bonds is 9. The molecule has 0 unspecified atom stereocenters. The predicted molar refractivity (Wildman–Crippen MR) is 58.3 cm³/mol. The smallest absolute Gasteiger partial charge is 0.0443 e. The first kappa shape index (κ1) is 16.3. The molecule has 0 aromatic rings. The summed E-state index contributed by atoms with van der Waals surface area (Å²) in [4.78, 5) is 2.16. The summed E-state index contributed by atoms with van der Waals surface area (Å²) in [6.45, 7) is 3.14. The average molecular weight is 207 g/mol. The van der Waals surface area contributed by atoms with Gasteiger partial charge in [-0.05, 0) is 19.3 Å². The quantitative estimate of drug-likeness (QED) is 0.501.